The van der Waals surface area contributed by atoms with Crippen molar-refractivity contribution in [1.29, 1.82) is 0 Å². The lowest BCUT2D eigenvalue weighted by molar-refractivity contribution is 0.412. The highest BCUT2D eigenvalue weighted by atomic mass is 79.9. The first-order valence-corrected chi connectivity index (χ1v) is 5.32. The Balaban J connectivity index is 2.42. The minimum atomic E-state index is 0.828. The third-order valence-electron chi connectivity index (χ3n) is 2.15. The Morgan fingerprint density at radius 2 is 2.20 bits per heavy atom. The number of aryl methyl sites for hydroxylation is 1. The van der Waals surface area contributed by atoms with E-state index in [2.05, 4.69) is 20.9 Å². The molecule has 4 heteroatoms. The molecule has 1 aromatic heterocycles. The number of halogens is 1. The highest BCUT2D eigenvalue weighted by molar-refractivity contribution is 9.10. The second-order valence-corrected chi connectivity index (χ2v) is 4.13. The highest BCUT2D eigenvalue weighted by Gasteiger charge is 2.04. The Morgan fingerprint density at radius 1 is 1.40 bits per heavy atom. The van der Waals surface area contributed by atoms with Crippen LogP contribution in [0.25, 0.3) is 11.3 Å². The molecule has 1 heterocycles. The first-order valence-electron chi connectivity index (χ1n) is 4.52. The van der Waals surface area contributed by atoms with Gasteiger partial charge < -0.3 is 9.30 Å². The van der Waals surface area contributed by atoms with E-state index in [1.54, 1.807) is 13.4 Å². The van der Waals surface area contributed by atoms with E-state index in [0.717, 1.165) is 21.5 Å². The molecule has 1 aromatic carbocycles. The Hall–Kier alpha value is -1.29. The van der Waals surface area contributed by atoms with Crippen molar-refractivity contribution in [2.75, 3.05) is 7.11 Å². The first kappa shape index (κ1) is 10.2. The van der Waals surface area contributed by atoms with Crippen LogP contribution in [0.15, 0.2) is 35.2 Å². The molecule has 0 unspecified atom stereocenters. The molecule has 0 fully saturated rings. The number of aromatic nitrogens is 2. The lowest BCUT2D eigenvalue weighted by Crippen LogP contribution is -1.85. The molecule has 0 saturated carbocycles. The van der Waals surface area contributed by atoms with E-state index >= 15 is 0 Å². The average Bonchev–Trinajstić information content (AvgIpc) is 2.65. The summed E-state index contributed by atoms with van der Waals surface area (Å²) in [7, 11) is 3.61. The molecule has 0 atom stereocenters. The molecular formula is C11H11BrN2O. The number of rotatable bonds is 2. The average molecular weight is 267 g/mol. The number of benzene rings is 1. The van der Waals surface area contributed by atoms with Crippen LogP contribution in [0.5, 0.6) is 5.75 Å². The predicted molar refractivity (Wildman–Crippen MR) is 62.9 cm³/mol. The van der Waals surface area contributed by atoms with E-state index in [-0.39, 0.29) is 0 Å². The molecule has 0 radical (unpaired) electrons. The molecule has 0 spiro atoms. The Labute approximate surface area is 96.8 Å². The fourth-order valence-electron chi connectivity index (χ4n) is 1.39. The summed E-state index contributed by atoms with van der Waals surface area (Å²) in [4.78, 5) is 4.28. The SMILES string of the molecule is COc1ccc(-c2cn(C)cn2)cc1Br. The van der Waals surface area contributed by atoms with E-state index in [1.165, 1.54) is 0 Å². The summed E-state index contributed by atoms with van der Waals surface area (Å²) in [5.41, 5.74) is 2.03. The zero-order valence-corrected chi connectivity index (χ0v) is 10.2. The van der Waals surface area contributed by atoms with Crippen LogP contribution in [0.3, 0.4) is 0 Å². The van der Waals surface area contributed by atoms with Crippen molar-refractivity contribution in [3.8, 4) is 17.0 Å². The second-order valence-electron chi connectivity index (χ2n) is 3.27. The smallest absolute Gasteiger partial charge is 0.133 e. The van der Waals surface area contributed by atoms with Crippen LogP contribution in [0.2, 0.25) is 0 Å². The lowest BCUT2D eigenvalue weighted by atomic mass is 10.2. The summed E-state index contributed by atoms with van der Waals surface area (Å²) in [5, 5.41) is 0. The molecule has 0 N–H and O–H groups in total. The summed E-state index contributed by atoms with van der Waals surface area (Å²) in [6.07, 6.45) is 3.77. The van der Waals surface area contributed by atoms with Gasteiger partial charge in [-0.2, -0.15) is 0 Å². The lowest BCUT2D eigenvalue weighted by Gasteiger charge is -2.04. The largest absolute Gasteiger partial charge is 0.496 e. The number of nitrogens with zero attached hydrogens (tertiary/aromatic N) is 2. The number of hydrogen-bond acceptors (Lipinski definition) is 2. The monoisotopic (exact) mass is 266 g/mol. The first-order chi connectivity index (χ1) is 7.20. The topological polar surface area (TPSA) is 27.1 Å². The standard InChI is InChI=1S/C11H11BrN2O/c1-14-6-10(13-7-14)8-3-4-11(15-2)9(12)5-8/h3-7H,1-2H3. The highest BCUT2D eigenvalue weighted by Crippen LogP contribution is 2.29. The zero-order valence-electron chi connectivity index (χ0n) is 8.57. The van der Waals surface area contributed by atoms with Crippen LogP contribution >= 0.6 is 15.9 Å². The van der Waals surface area contributed by atoms with Crippen LogP contribution in [0, 0.1) is 0 Å². The summed E-state index contributed by atoms with van der Waals surface area (Å²) >= 11 is 3.45. The molecular weight excluding hydrogens is 256 g/mol. The maximum Gasteiger partial charge on any atom is 0.133 e. The minimum absolute atomic E-state index is 0.828. The summed E-state index contributed by atoms with van der Waals surface area (Å²) in [6, 6.07) is 5.92. The number of imidazole rings is 1. The molecule has 15 heavy (non-hydrogen) atoms. The third kappa shape index (κ3) is 2.04. The second kappa shape index (κ2) is 4.06. The minimum Gasteiger partial charge on any atom is -0.496 e. The van der Waals surface area contributed by atoms with Crippen molar-refractivity contribution in [2.45, 2.75) is 0 Å². The Bertz CT molecular complexity index is 479. The molecule has 0 amide bonds. The number of methoxy groups -OCH3 is 1. The summed E-state index contributed by atoms with van der Waals surface area (Å²) in [6.45, 7) is 0. The summed E-state index contributed by atoms with van der Waals surface area (Å²) < 4.78 is 8.03. The van der Waals surface area contributed by atoms with Crippen LogP contribution in [-0.4, -0.2) is 16.7 Å². The van der Waals surface area contributed by atoms with Gasteiger partial charge >= 0.3 is 0 Å². The predicted octanol–water partition coefficient (Wildman–Crippen LogP) is 2.86. The van der Waals surface area contributed by atoms with E-state index in [9.17, 15) is 0 Å². The van der Waals surface area contributed by atoms with Crippen LogP contribution in [-0.2, 0) is 7.05 Å². The van der Waals surface area contributed by atoms with Gasteiger partial charge in [0.2, 0.25) is 0 Å². The number of hydrogen-bond donors (Lipinski definition) is 0. The molecule has 0 aliphatic heterocycles. The van der Waals surface area contributed by atoms with Crippen molar-refractivity contribution in [2.24, 2.45) is 7.05 Å². The molecule has 2 aromatic rings. The van der Waals surface area contributed by atoms with E-state index in [0.29, 0.717) is 0 Å². The van der Waals surface area contributed by atoms with Crippen molar-refractivity contribution in [1.82, 2.24) is 9.55 Å². The fourth-order valence-corrected chi connectivity index (χ4v) is 1.93. The third-order valence-corrected chi connectivity index (χ3v) is 2.77. The van der Waals surface area contributed by atoms with Gasteiger partial charge in [0.05, 0.1) is 23.6 Å². The van der Waals surface area contributed by atoms with Gasteiger partial charge in [-0.15, -0.1) is 0 Å². The summed E-state index contributed by atoms with van der Waals surface area (Å²) in [5.74, 6) is 0.828. The fraction of sp³-hybridized carbons (Fsp3) is 0.182. The maximum absolute atomic E-state index is 5.17. The van der Waals surface area contributed by atoms with E-state index in [4.69, 9.17) is 4.74 Å². The van der Waals surface area contributed by atoms with Gasteiger partial charge in [0, 0.05) is 18.8 Å². The molecule has 3 nitrogen and oxygen atoms in total. The van der Waals surface area contributed by atoms with Crippen LogP contribution in [0.4, 0.5) is 0 Å². The van der Waals surface area contributed by atoms with Gasteiger partial charge in [0.25, 0.3) is 0 Å². The van der Waals surface area contributed by atoms with Crippen molar-refractivity contribution in [3.63, 3.8) is 0 Å². The maximum atomic E-state index is 5.17. The van der Waals surface area contributed by atoms with Crippen LogP contribution < -0.4 is 4.74 Å². The Kier molecular flexibility index (Phi) is 2.77. The zero-order chi connectivity index (χ0) is 10.8. The van der Waals surface area contributed by atoms with Gasteiger partial charge in [0.15, 0.2) is 0 Å². The van der Waals surface area contributed by atoms with Gasteiger partial charge in [-0.1, -0.05) is 0 Å². The van der Waals surface area contributed by atoms with Gasteiger partial charge in [-0.25, -0.2) is 4.98 Å². The molecule has 0 bridgehead atoms. The molecule has 2 rings (SSSR count). The molecule has 78 valence electrons. The van der Waals surface area contributed by atoms with Gasteiger partial charge in [0.1, 0.15) is 5.75 Å². The van der Waals surface area contributed by atoms with E-state index < -0.39 is 0 Å². The van der Waals surface area contributed by atoms with Gasteiger partial charge in [-0.3, -0.25) is 0 Å². The molecule has 0 aliphatic rings. The Morgan fingerprint density at radius 3 is 2.73 bits per heavy atom. The normalized spacial score (nSPS) is 10.3. The quantitative estimate of drug-likeness (QED) is 0.836. The molecule has 0 aliphatic carbocycles. The number of ether oxygens (including phenoxy) is 1. The van der Waals surface area contributed by atoms with Crippen molar-refractivity contribution < 1.29 is 4.74 Å². The van der Waals surface area contributed by atoms with E-state index in [1.807, 2.05) is 36.0 Å². The van der Waals surface area contributed by atoms with Crippen LogP contribution in [0.1, 0.15) is 0 Å². The van der Waals surface area contributed by atoms with Crippen molar-refractivity contribution in [3.05, 3.63) is 35.2 Å². The molecule has 0 saturated heterocycles. The van der Waals surface area contributed by atoms with Gasteiger partial charge in [-0.05, 0) is 34.1 Å². The van der Waals surface area contributed by atoms with Crippen molar-refractivity contribution >= 4 is 15.9 Å².